The Hall–Kier alpha value is -1.88. The largest absolute Gasteiger partial charge is 0.383 e. The molecule has 0 aliphatic carbocycles. The molecular weight excluding hydrogens is 268 g/mol. The van der Waals surface area contributed by atoms with E-state index in [-0.39, 0.29) is 11.8 Å². The number of piperazine rings is 1. The molecule has 0 bridgehead atoms. The molecule has 1 aliphatic heterocycles. The molecule has 1 fully saturated rings. The second-order valence-electron chi connectivity index (χ2n) is 5.43. The van der Waals surface area contributed by atoms with E-state index in [2.05, 4.69) is 5.32 Å². The molecule has 1 aromatic rings. The summed E-state index contributed by atoms with van der Waals surface area (Å²) < 4.78 is 5.08. The van der Waals surface area contributed by atoms with Gasteiger partial charge in [-0.1, -0.05) is 37.3 Å². The van der Waals surface area contributed by atoms with E-state index in [9.17, 15) is 9.59 Å². The lowest BCUT2D eigenvalue weighted by atomic mass is 9.89. The highest BCUT2D eigenvalue weighted by Gasteiger charge is 2.48. The van der Waals surface area contributed by atoms with Crippen LogP contribution in [0.2, 0.25) is 0 Å². The van der Waals surface area contributed by atoms with Crippen molar-refractivity contribution in [1.29, 1.82) is 0 Å². The molecule has 5 nitrogen and oxygen atoms in total. The molecule has 1 aliphatic rings. The van der Waals surface area contributed by atoms with Crippen molar-refractivity contribution in [3.05, 3.63) is 35.9 Å². The van der Waals surface area contributed by atoms with Crippen molar-refractivity contribution in [1.82, 2.24) is 10.2 Å². The van der Waals surface area contributed by atoms with Crippen LogP contribution in [-0.4, -0.2) is 42.5 Å². The van der Waals surface area contributed by atoms with Crippen LogP contribution in [0, 0.1) is 0 Å². The Labute approximate surface area is 125 Å². The zero-order valence-electron chi connectivity index (χ0n) is 12.8. The number of hydrogen-bond donors (Lipinski definition) is 1. The van der Waals surface area contributed by atoms with Gasteiger partial charge in [-0.3, -0.25) is 9.59 Å². The fourth-order valence-electron chi connectivity index (χ4n) is 2.63. The fourth-order valence-corrected chi connectivity index (χ4v) is 2.63. The van der Waals surface area contributed by atoms with Crippen LogP contribution >= 0.6 is 0 Å². The van der Waals surface area contributed by atoms with Crippen molar-refractivity contribution in [3.63, 3.8) is 0 Å². The molecule has 0 aromatic heterocycles. The van der Waals surface area contributed by atoms with E-state index in [0.29, 0.717) is 19.6 Å². The lowest BCUT2D eigenvalue weighted by Gasteiger charge is -2.46. The molecule has 2 atom stereocenters. The summed E-state index contributed by atoms with van der Waals surface area (Å²) >= 11 is 0. The van der Waals surface area contributed by atoms with Gasteiger partial charge in [0.25, 0.3) is 5.91 Å². The molecule has 1 saturated heterocycles. The number of hydrogen-bond acceptors (Lipinski definition) is 3. The Kier molecular flexibility index (Phi) is 4.63. The maximum absolute atomic E-state index is 12.8. The third-order valence-corrected chi connectivity index (χ3v) is 4.21. The zero-order valence-corrected chi connectivity index (χ0v) is 12.8. The van der Waals surface area contributed by atoms with Gasteiger partial charge in [-0.2, -0.15) is 0 Å². The fraction of sp³-hybridized carbons (Fsp3) is 0.500. The number of benzene rings is 1. The Morgan fingerprint density at radius 1 is 1.29 bits per heavy atom. The molecule has 21 heavy (non-hydrogen) atoms. The van der Waals surface area contributed by atoms with Crippen LogP contribution < -0.4 is 5.32 Å². The SMILES string of the molecule is CCC1(C)C(=O)NC(c2ccccc2)C(=O)N1CCOC. The van der Waals surface area contributed by atoms with E-state index >= 15 is 0 Å². The predicted molar refractivity (Wildman–Crippen MR) is 79.6 cm³/mol. The molecule has 114 valence electrons. The Morgan fingerprint density at radius 2 is 1.95 bits per heavy atom. The molecule has 1 N–H and O–H groups in total. The van der Waals surface area contributed by atoms with Gasteiger partial charge in [-0.05, 0) is 18.9 Å². The molecule has 5 heteroatoms. The number of carbonyl (C=O) groups excluding carboxylic acids is 2. The summed E-state index contributed by atoms with van der Waals surface area (Å²) in [6, 6.07) is 8.70. The van der Waals surface area contributed by atoms with Gasteiger partial charge in [0.05, 0.1) is 6.61 Å². The average molecular weight is 290 g/mol. The molecule has 2 amide bonds. The van der Waals surface area contributed by atoms with E-state index in [0.717, 1.165) is 5.56 Å². The normalized spacial score (nSPS) is 25.9. The van der Waals surface area contributed by atoms with Crippen molar-refractivity contribution in [2.24, 2.45) is 0 Å². The first-order chi connectivity index (χ1) is 10.0. The number of methoxy groups -OCH3 is 1. The summed E-state index contributed by atoms with van der Waals surface area (Å²) in [5.41, 5.74) is -0.0163. The topological polar surface area (TPSA) is 58.6 Å². The summed E-state index contributed by atoms with van der Waals surface area (Å²) in [6.45, 7) is 4.54. The van der Waals surface area contributed by atoms with Gasteiger partial charge < -0.3 is 15.0 Å². The molecule has 0 radical (unpaired) electrons. The maximum Gasteiger partial charge on any atom is 0.250 e. The van der Waals surface area contributed by atoms with Crippen LogP contribution in [0.4, 0.5) is 0 Å². The van der Waals surface area contributed by atoms with Crippen LogP contribution in [0.25, 0.3) is 0 Å². The van der Waals surface area contributed by atoms with Crippen LogP contribution in [0.15, 0.2) is 30.3 Å². The van der Waals surface area contributed by atoms with E-state index in [1.165, 1.54) is 0 Å². The third kappa shape index (κ3) is 2.78. The number of amides is 2. The number of carbonyl (C=O) groups is 2. The van der Waals surface area contributed by atoms with Gasteiger partial charge in [0.15, 0.2) is 0 Å². The van der Waals surface area contributed by atoms with Crippen molar-refractivity contribution in [2.75, 3.05) is 20.3 Å². The number of nitrogens with one attached hydrogen (secondary N) is 1. The maximum atomic E-state index is 12.8. The van der Waals surface area contributed by atoms with Gasteiger partial charge in [-0.15, -0.1) is 0 Å². The van der Waals surface area contributed by atoms with Crippen molar-refractivity contribution in [2.45, 2.75) is 31.8 Å². The smallest absolute Gasteiger partial charge is 0.250 e. The molecule has 0 saturated carbocycles. The van der Waals surface area contributed by atoms with E-state index < -0.39 is 11.6 Å². The average Bonchev–Trinajstić information content (AvgIpc) is 2.51. The van der Waals surface area contributed by atoms with Crippen LogP contribution in [0.1, 0.15) is 31.9 Å². The van der Waals surface area contributed by atoms with Gasteiger partial charge in [0.1, 0.15) is 11.6 Å². The van der Waals surface area contributed by atoms with Gasteiger partial charge in [0.2, 0.25) is 5.91 Å². The van der Waals surface area contributed by atoms with E-state index in [1.807, 2.05) is 37.3 Å². The van der Waals surface area contributed by atoms with Crippen LogP contribution in [0.5, 0.6) is 0 Å². The first kappa shape index (κ1) is 15.5. The number of rotatable bonds is 5. The first-order valence-corrected chi connectivity index (χ1v) is 7.21. The van der Waals surface area contributed by atoms with E-state index in [1.54, 1.807) is 18.9 Å². The molecule has 2 rings (SSSR count). The van der Waals surface area contributed by atoms with Crippen LogP contribution in [0.3, 0.4) is 0 Å². The highest BCUT2D eigenvalue weighted by Crippen LogP contribution is 2.30. The van der Waals surface area contributed by atoms with Crippen molar-refractivity contribution in [3.8, 4) is 0 Å². The standard InChI is InChI=1S/C16H22N2O3/c1-4-16(2)15(20)17-13(12-8-6-5-7-9-12)14(19)18(16)10-11-21-3/h5-9,13H,4,10-11H2,1-3H3,(H,17,20). The molecule has 1 heterocycles. The summed E-state index contributed by atoms with van der Waals surface area (Å²) in [7, 11) is 1.59. The lowest BCUT2D eigenvalue weighted by molar-refractivity contribution is -0.157. The summed E-state index contributed by atoms with van der Waals surface area (Å²) in [4.78, 5) is 27.0. The number of ether oxygens (including phenoxy) is 1. The van der Waals surface area contributed by atoms with Gasteiger partial charge in [0, 0.05) is 13.7 Å². The highest BCUT2D eigenvalue weighted by molar-refractivity contribution is 6.00. The predicted octanol–water partition coefficient (Wildman–Crippen LogP) is 1.50. The van der Waals surface area contributed by atoms with Gasteiger partial charge in [-0.25, -0.2) is 0 Å². The molecule has 2 unspecified atom stereocenters. The minimum absolute atomic E-state index is 0.0813. The summed E-state index contributed by atoms with van der Waals surface area (Å²) in [6.07, 6.45) is 0.565. The minimum Gasteiger partial charge on any atom is -0.383 e. The second kappa shape index (κ2) is 6.26. The zero-order chi connectivity index (χ0) is 15.5. The Balaban J connectivity index is 2.33. The lowest BCUT2D eigenvalue weighted by Crippen LogP contribution is -2.66. The monoisotopic (exact) mass is 290 g/mol. The first-order valence-electron chi connectivity index (χ1n) is 7.21. The van der Waals surface area contributed by atoms with Gasteiger partial charge >= 0.3 is 0 Å². The highest BCUT2D eigenvalue weighted by atomic mass is 16.5. The van der Waals surface area contributed by atoms with Crippen LogP contribution in [-0.2, 0) is 14.3 Å². The van der Waals surface area contributed by atoms with Crippen molar-refractivity contribution >= 4 is 11.8 Å². The Morgan fingerprint density at radius 3 is 2.52 bits per heavy atom. The van der Waals surface area contributed by atoms with E-state index in [4.69, 9.17) is 4.74 Å². The summed E-state index contributed by atoms with van der Waals surface area (Å²) in [5.74, 6) is -0.197. The third-order valence-electron chi connectivity index (χ3n) is 4.21. The molecule has 1 aromatic carbocycles. The number of nitrogens with zero attached hydrogens (tertiary/aromatic N) is 1. The minimum atomic E-state index is -0.819. The molecular formula is C16H22N2O3. The Bertz CT molecular complexity index is 518. The molecule has 0 spiro atoms. The summed E-state index contributed by atoms with van der Waals surface area (Å²) in [5, 5.41) is 2.86. The quantitative estimate of drug-likeness (QED) is 0.894. The second-order valence-corrected chi connectivity index (χ2v) is 5.43. The van der Waals surface area contributed by atoms with Crippen molar-refractivity contribution < 1.29 is 14.3 Å².